The third-order valence-electron chi connectivity index (χ3n) is 6.63. The maximum Gasteiger partial charge on any atom is 0.416 e. The van der Waals surface area contributed by atoms with E-state index in [1.165, 1.54) is 46.0 Å². The minimum absolute atomic E-state index is 0.0260. The molecule has 0 radical (unpaired) electrons. The highest BCUT2D eigenvalue weighted by atomic mass is 19.4. The van der Waals surface area contributed by atoms with Gasteiger partial charge >= 0.3 is 12.4 Å². The number of halogens is 6. The van der Waals surface area contributed by atoms with Gasteiger partial charge in [0.05, 0.1) is 28.4 Å². The van der Waals surface area contributed by atoms with E-state index in [2.05, 4.69) is 4.98 Å². The number of carbonyl (C=O) groups is 2. The van der Waals surface area contributed by atoms with E-state index >= 15 is 0 Å². The van der Waals surface area contributed by atoms with Gasteiger partial charge < -0.3 is 9.80 Å². The fraction of sp³-hybridized carbons (Fsp3) is 0.321. The third kappa shape index (κ3) is 6.07. The summed E-state index contributed by atoms with van der Waals surface area (Å²) >= 11 is 0. The molecule has 2 amide bonds. The summed E-state index contributed by atoms with van der Waals surface area (Å²) in [5.74, 6) is -0.766. The van der Waals surface area contributed by atoms with Crippen molar-refractivity contribution in [2.24, 2.45) is 0 Å². The zero-order valence-corrected chi connectivity index (χ0v) is 22.1. The first-order valence-corrected chi connectivity index (χ1v) is 11.7. The molecular weight excluding hydrogens is 524 g/mol. The molecule has 2 aromatic carbocycles. The van der Waals surface area contributed by atoms with Gasteiger partial charge in [0.15, 0.2) is 0 Å². The van der Waals surface area contributed by atoms with E-state index in [0.29, 0.717) is 23.3 Å². The van der Waals surface area contributed by atoms with E-state index in [1.54, 1.807) is 18.2 Å². The number of hydrogen-bond donors (Lipinski definition) is 0. The Hall–Kier alpha value is -3.89. The average Bonchev–Trinajstić information content (AvgIpc) is 2.86. The van der Waals surface area contributed by atoms with E-state index in [1.807, 2.05) is 19.1 Å². The number of alkyl halides is 6. The summed E-state index contributed by atoms with van der Waals surface area (Å²) in [4.78, 5) is 32.4. The molecule has 39 heavy (non-hydrogen) atoms. The van der Waals surface area contributed by atoms with Crippen molar-refractivity contribution in [2.45, 2.75) is 45.5 Å². The van der Waals surface area contributed by atoms with Crippen LogP contribution in [0.3, 0.4) is 0 Å². The molecule has 11 heteroatoms. The van der Waals surface area contributed by atoms with Crippen LogP contribution < -0.4 is 9.80 Å². The molecule has 0 N–H and O–H groups in total. The molecule has 0 fully saturated rings. The minimum Gasteiger partial charge on any atom is -0.313 e. The second-order valence-electron chi connectivity index (χ2n) is 9.74. The molecule has 208 valence electrons. The molecule has 0 aliphatic rings. The second kappa shape index (κ2) is 10.3. The first-order valence-electron chi connectivity index (χ1n) is 11.7. The Kier molecular flexibility index (Phi) is 7.87. The van der Waals surface area contributed by atoms with Crippen LogP contribution in [0, 0.1) is 6.92 Å². The van der Waals surface area contributed by atoms with E-state index in [4.69, 9.17) is 0 Å². The van der Waals surface area contributed by atoms with Crippen molar-refractivity contribution in [2.75, 3.05) is 23.9 Å². The van der Waals surface area contributed by atoms with Crippen LogP contribution in [0.1, 0.15) is 43.0 Å². The van der Waals surface area contributed by atoms with Crippen LogP contribution in [-0.2, 0) is 27.4 Å². The van der Waals surface area contributed by atoms with Crippen molar-refractivity contribution >= 4 is 23.3 Å². The van der Waals surface area contributed by atoms with Crippen LogP contribution >= 0.6 is 0 Å². The van der Waals surface area contributed by atoms with Crippen molar-refractivity contribution in [3.8, 4) is 11.1 Å². The molecule has 0 aliphatic heterocycles. The summed E-state index contributed by atoms with van der Waals surface area (Å²) in [6.45, 7) is 5.72. The van der Waals surface area contributed by atoms with Gasteiger partial charge in [-0.1, -0.05) is 24.3 Å². The Morgan fingerprint density at radius 2 is 1.28 bits per heavy atom. The lowest BCUT2D eigenvalue weighted by molar-refractivity contribution is -0.143. The number of aryl methyl sites for hydroxylation is 1. The highest BCUT2D eigenvalue weighted by Crippen LogP contribution is 2.41. The SMILES string of the molecule is CC(=O)N(C)c1cc(-c2ccccc2C)c(N(C)C(=O)C(C)(C)c2cc(C(F)(F)F)cc(C(F)(F)F)c2)cn1. The van der Waals surface area contributed by atoms with E-state index in [9.17, 15) is 35.9 Å². The summed E-state index contributed by atoms with van der Waals surface area (Å²) in [6, 6.07) is 9.96. The van der Waals surface area contributed by atoms with Gasteiger partial charge in [0.1, 0.15) is 5.82 Å². The highest BCUT2D eigenvalue weighted by Gasteiger charge is 2.41. The molecule has 3 aromatic rings. The number of rotatable bonds is 5. The third-order valence-corrected chi connectivity index (χ3v) is 6.63. The van der Waals surface area contributed by atoms with Gasteiger partial charge in [-0.15, -0.1) is 0 Å². The van der Waals surface area contributed by atoms with Gasteiger partial charge in [-0.25, -0.2) is 4.98 Å². The van der Waals surface area contributed by atoms with E-state index in [0.717, 1.165) is 10.5 Å². The first-order chi connectivity index (χ1) is 17.9. The van der Waals surface area contributed by atoms with Gasteiger partial charge in [0.2, 0.25) is 11.8 Å². The number of amides is 2. The Bertz CT molecular complexity index is 1380. The van der Waals surface area contributed by atoms with Crippen LogP contribution in [-0.4, -0.2) is 30.9 Å². The largest absolute Gasteiger partial charge is 0.416 e. The number of anilines is 2. The Morgan fingerprint density at radius 1 is 0.769 bits per heavy atom. The fourth-order valence-corrected chi connectivity index (χ4v) is 4.11. The molecule has 3 rings (SSSR count). The quantitative estimate of drug-likeness (QED) is 0.321. The topological polar surface area (TPSA) is 53.5 Å². The van der Waals surface area contributed by atoms with Gasteiger partial charge in [0.25, 0.3) is 0 Å². The summed E-state index contributed by atoms with van der Waals surface area (Å²) in [6.07, 6.45) is -8.76. The number of hydrogen-bond acceptors (Lipinski definition) is 3. The Balaban J connectivity index is 2.18. The Labute approximate surface area is 222 Å². The van der Waals surface area contributed by atoms with Crippen molar-refractivity contribution in [1.82, 2.24) is 4.98 Å². The number of aromatic nitrogens is 1. The summed E-state index contributed by atoms with van der Waals surface area (Å²) in [7, 11) is 2.89. The predicted octanol–water partition coefficient (Wildman–Crippen LogP) is 7.02. The van der Waals surface area contributed by atoms with Crippen LogP contribution in [0.5, 0.6) is 0 Å². The average molecular weight is 552 g/mol. The Morgan fingerprint density at radius 3 is 1.77 bits per heavy atom. The number of likely N-dealkylation sites (N-methyl/N-ethyl adjacent to an activating group) is 1. The van der Waals surface area contributed by atoms with Crippen LogP contribution in [0.25, 0.3) is 11.1 Å². The van der Waals surface area contributed by atoms with Gasteiger partial charge in [-0.2, -0.15) is 26.3 Å². The second-order valence-corrected chi connectivity index (χ2v) is 9.74. The molecule has 5 nitrogen and oxygen atoms in total. The number of benzene rings is 2. The molecular formula is C28H27F6N3O2. The molecule has 0 spiro atoms. The highest BCUT2D eigenvalue weighted by molar-refractivity contribution is 6.03. The summed E-state index contributed by atoms with van der Waals surface area (Å²) in [5, 5.41) is 0. The lowest BCUT2D eigenvalue weighted by Gasteiger charge is -2.32. The zero-order chi connectivity index (χ0) is 29.5. The van der Waals surface area contributed by atoms with Crippen molar-refractivity contribution in [3.05, 3.63) is 77.0 Å². The molecule has 0 bridgehead atoms. The van der Waals surface area contributed by atoms with Crippen molar-refractivity contribution < 1.29 is 35.9 Å². The summed E-state index contributed by atoms with van der Waals surface area (Å²) < 4.78 is 80.9. The molecule has 0 aliphatic carbocycles. The van der Waals surface area contributed by atoms with Crippen molar-refractivity contribution in [1.29, 1.82) is 0 Å². The zero-order valence-electron chi connectivity index (χ0n) is 22.1. The first kappa shape index (κ1) is 29.7. The van der Waals surface area contributed by atoms with E-state index < -0.39 is 40.4 Å². The van der Waals surface area contributed by atoms with Crippen molar-refractivity contribution in [3.63, 3.8) is 0 Å². The number of carbonyl (C=O) groups excluding carboxylic acids is 2. The van der Waals surface area contributed by atoms with Gasteiger partial charge in [0, 0.05) is 26.6 Å². The lowest BCUT2D eigenvalue weighted by atomic mass is 9.81. The smallest absolute Gasteiger partial charge is 0.313 e. The number of nitrogens with zero attached hydrogens (tertiary/aromatic N) is 3. The number of pyridine rings is 1. The monoisotopic (exact) mass is 551 g/mol. The fourth-order valence-electron chi connectivity index (χ4n) is 4.11. The molecule has 0 unspecified atom stereocenters. The normalized spacial score (nSPS) is 12.3. The molecule has 0 atom stereocenters. The molecule has 1 heterocycles. The molecule has 0 saturated carbocycles. The molecule has 0 saturated heterocycles. The lowest BCUT2D eigenvalue weighted by Crippen LogP contribution is -2.42. The summed E-state index contributed by atoms with van der Waals surface area (Å²) in [5.41, 5.74) is -2.97. The van der Waals surface area contributed by atoms with Gasteiger partial charge in [-0.3, -0.25) is 9.59 Å². The standard InChI is InChI=1S/C28H27F6N3O2/c1-16-9-7-8-10-21(16)22-14-24(36(5)17(2)38)35-15-23(22)37(6)25(39)26(3,4)18-11-19(27(29,30)31)13-20(12-18)28(32,33)34/h7-15H,1-6H3. The predicted molar refractivity (Wildman–Crippen MR) is 136 cm³/mol. The van der Waals surface area contributed by atoms with Crippen LogP contribution in [0.4, 0.5) is 37.8 Å². The minimum atomic E-state index is -5.05. The van der Waals surface area contributed by atoms with Crippen LogP contribution in [0.15, 0.2) is 54.7 Å². The molecule has 1 aromatic heterocycles. The van der Waals surface area contributed by atoms with E-state index in [-0.39, 0.29) is 23.5 Å². The maximum absolute atomic E-state index is 13.8. The maximum atomic E-state index is 13.8. The van der Waals surface area contributed by atoms with Crippen LogP contribution in [0.2, 0.25) is 0 Å². The van der Waals surface area contributed by atoms with Gasteiger partial charge in [-0.05, 0) is 61.7 Å².